The summed E-state index contributed by atoms with van der Waals surface area (Å²) in [7, 11) is 1.75. The summed E-state index contributed by atoms with van der Waals surface area (Å²) in [6.45, 7) is 6.46. The van der Waals surface area contributed by atoms with Gasteiger partial charge in [0.05, 0.1) is 12.2 Å². The Morgan fingerprint density at radius 2 is 1.81 bits per heavy atom. The topological polar surface area (TPSA) is 80.7 Å². The zero-order valence-corrected chi connectivity index (χ0v) is 19.0. The molecule has 8 heteroatoms. The van der Waals surface area contributed by atoms with E-state index in [9.17, 15) is 0 Å². The molecule has 3 aromatic rings. The lowest BCUT2D eigenvalue weighted by atomic mass is 10.2. The minimum absolute atomic E-state index is 0.436. The summed E-state index contributed by atoms with van der Waals surface area (Å²) >= 11 is 1.66. The number of ether oxygens (including phenoxy) is 2. The van der Waals surface area contributed by atoms with Gasteiger partial charge < -0.3 is 20.1 Å². The zero-order valence-electron chi connectivity index (χ0n) is 18.2. The Kier molecular flexibility index (Phi) is 8.66. The van der Waals surface area contributed by atoms with Crippen molar-refractivity contribution in [3.8, 4) is 11.6 Å². The van der Waals surface area contributed by atoms with Crippen LogP contribution in [0.15, 0.2) is 59.0 Å². The molecular formula is C23H29N5O2S. The Labute approximate surface area is 187 Å². The predicted molar refractivity (Wildman–Crippen MR) is 125 cm³/mol. The van der Waals surface area contributed by atoms with Crippen LogP contribution in [0.1, 0.15) is 36.0 Å². The lowest BCUT2D eigenvalue weighted by Crippen LogP contribution is -2.36. The zero-order chi connectivity index (χ0) is 21.9. The van der Waals surface area contributed by atoms with Crippen molar-refractivity contribution in [1.29, 1.82) is 0 Å². The van der Waals surface area contributed by atoms with Crippen molar-refractivity contribution in [2.45, 2.75) is 32.9 Å². The van der Waals surface area contributed by atoms with Gasteiger partial charge in [-0.3, -0.25) is 4.99 Å². The standard InChI is InChI=1S/C23H29N5O2S/c1-17(2)20-16-31-22(28-20)15-27-23(24-3)26-14-18-9-10-21(25-13-18)30-12-11-29-19-7-5-4-6-8-19/h4-10,13,16-17H,11-12,14-15H2,1-3H3,(H2,24,26,27). The van der Waals surface area contributed by atoms with E-state index < -0.39 is 0 Å². The molecule has 0 saturated heterocycles. The highest BCUT2D eigenvalue weighted by atomic mass is 32.1. The maximum atomic E-state index is 5.64. The van der Waals surface area contributed by atoms with Gasteiger partial charge in [-0.05, 0) is 23.6 Å². The first kappa shape index (κ1) is 22.6. The summed E-state index contributed by atoms with van der Waals surface area (Å²) in [5.74, 6) is 2.57. The third kappa shape index (κ3) is 7.57. The molecule has 0 fully saturated rings. The maximum absolute atomic E-state index is 5.64. The Hall–Kier alpha value is -3.13. The van der Waals surface area contributed by atoms with Crippen molar-refractivity contribution in [3.63, 3.8) is 0 Å². The molecule has 0 amide bonds. The number of nitrogens with one attached hydrogen (secondary N) is 2. The van der Waals surface area contributed by atoms with Gasteiger partial charge in [0.15, 0.2) is 5.96 Å². The molecule has 0 aliphatic heterocycles. The molecule has 2 N–H and O–H groups in total. The van der Waals surface area contributed by atoms with Crippen LogP contribution >= 0.6 is 11.3 Å². The van der Waals surface area contributed by atoms with Crippen LogP contribution in [0.3, 0.4) is 0 Å². The molecule has 2 aromatic heterocycles. The average molecular weight is 440 g/mol. The summed E-state index contributed by atoms with van der Waals surface area (Å²) in [5.41, 5.74) is 2.16. The number of benzene rings is 1. The summed E-state index contributed by atoms with van der Waals surface area (Å²) < 4.78 is 11.2. The second kappa shape index (κ2) is 11.9. The Balaban J connectivity index is 1.37. The molecule has 0 aliphatic rings. The van der Waals surface area contributed by atoms with Gasteiger partial charge in [0.1, 0.15) is 24.0 Å². The second-order valence-electron chi connectivity index (χ2n) is 7.11. The van der Waals surface area contributed by atoms with E-state index in [-0.39, 0.29) is 0 Å². The molecule has 0 atom stereocenters. The molecule has 0 radical (unpaired) electrons. The fourth-order valence-corrected chi connectivity index (χ4v) is 3.56. The molecule has 1 aromatic carbocycles. The number of aromatic nitrogens is 2. The van der Waals surface area contributed by atoms with Gasteiger partial charge in [-0.1, -0.05) is 38.1 Å². The largest absolute Gasteiger partial charge is 0.490 e. The highest BCUT2D eigenvalue weighted by Gasteiger charge is 2.06. The number of para-hydroxylation sites is 1. The van der Waals surface area contributed by atoms with Gasteiger partial charge in [-0.25, -0.2) is 9.97 Å². The number of thiazole rings is 1. The van der Waals surface area contributed by atoms with Gasteiger partial charge in [0, 0.05) is 31.2 Å². The second-order valence-corrected chi connectivity index (χ2v) is 8.06. The van der Waals surface area contributed by atoms with Crippen LogP contribution in [-0.4, -0.2) is 36.2 Å². The van der Waals surface area contributed by atoms with E-state index in [1.807, 2.05) is 42.5 Å². The molecule has 164 valence electrons. The molecular weight excluding hydrogens is 410 g/mol. The maximum Gasteiger partial charge on any atom is 0.213 e. The number of guanidine groups is 1. The molecule has 3 rings (SSSR count). The number of rotatable bonds is 10. The first-order valence-electron chi connectivity index (χ1n) is 10.3. The van der Waals surface area contributed by atoms with Crippen molar-refractivity contribution in [3.05, 3.63) is 70.3 Å². The van der Waals surface area contributed by atoms with Gasteiger partial charge in [0.25, 0.3) is 0 Å². The Morgan fingerprint density at radius 1 is 1.03 bits per heavy atom. The van der Waals surface area contributed by atoms with Crippen LogP contribution < -0.4 is 20.1 Å². The van der Waals surface area contributed by atoms with E-state index in [1.54, 1.807) is 24.6 Å². The van der Waals surface area contributed by atoms with Crippen LogP contribution in [0, 0.1) is 0 Å². The highest BCUT2D eigenvalue weighted by molar-refractivity contribution is 7.09. The van der Waals surface area contributed by atoms with Crippen LogP contribution in [0.25, 0.3) is 0 Å². The third-order valence-corrected chi connectivity index (χ3v) is 5.26. The molecule has 0 bridgehead atoms. The van der Waals surface area contributed by atoms with E-state index in [2.05, 4.69) is 44.8 Å². The minimum Gasteiger partial charge on any atom is -0.490 e. The average Bonchev–Trinajstić information content (AvgIpc) is 3.28. The summed E-state index contributed by atoms with van der Waals surface area (Å²) in [4.78, 5) is 13.3. The lowest BCUT2D eigenvalue weighted by Gasteiger charge is -2.11. The van der Waals surface area contributed by atoms with Crippen LogP contribution in [0.5, 0.6) is 11.6 Å². The van der Waals surface area contributed by atoms with Crippen molar-refractivity contribution in [2.24, 2.45) is 4.99 Å². The summed E-state index contributed by atoms with van der Waals surface area (Å²) in [6, 6.07) is 13.5. The van der Waals surface area contributed by atoms with Gasteiger partial charge in [-0.15, -0.1) is 11.3 Å². The third-order valence-electron chi connectivity index (χ3n) is 4.39. The van der Waals surface area contributed by atoms with E-state index in [4.69, 9.17) is 9.47 Å². The monoisotopic (exact) mass is 439 g/mol. The molecule has 0 unspecified atom stereocenters. The van der Waals surface area contributed by atoms with E-state index in [1.165, 1.54) is 0 Å². The van der Waals surface area contributed by atoms with E-state index in [0.717, 1.165) is 28.0 Å². The lowest BCUT2D eigenvalue weighted by molar-refractivity contribution is 0.212. The molecule has 7 nitrogen and oxygen atoms in total. The van der Waals surface area contributed by atoms with Crippen LogP contribution in [-0.2, 0) is 13.1 Å². The van der Waals surface area contributed by atoms with Crippen molar-refractivity contribution in [2.75, 3.05) is 20.3 Å². The van der Waals surface area contributed by atoms with Gasteiger partial charge in [-0.2, -0.15) is 0 Å². The molecule has 0 aliphatic carbocycles. The summed E-state index contributed by atoms with van der Waals surface area (Å²) in [5, 5.41) is 9.74. The molecule has 0 spiro atoms. The van der Waals surface area contributed by atoms with E-state index >= 15 is 0 Å². The smallest absolute Gasteiger partial charge is 0.213 e. The number of hydrogen-bond acceptors (Lipinski definition) is 6. The highest BCUT2D eigenvalue weighted by Crippen LogP contribution is 2.17. The number of hydrogen-bond donors (Lipinski definition) is 2. The van der Waals surface area contributed by atoms with Crippen LogP contribution in [0.4, 0.5) is 0 Å². The first-order chi connectivity index (χ1) is 15.1. The number of aliphatic imine (C=N–C) groups is 1. The summed E-state index contributed by atoms with van der Waals surface area (Å²) in [6.07, 6.45) is 1.80. The predicted octanol–water partition coefficient (Wildman–Crippen LogP) is 3.98. The Bertz CT molecular complexity index is 942. The van der Waals surface area contributed by atoms with E-state index in [0.29, 0.717) is 38.1 Å². The molecule has 2 heterocycles. The normalized spacial score (nSPS) is 11.4. The van der Waals surface area contributed by atoms with Crippen molar-refractivity contribution < 1.29 is 9.47 Å². The fourth-order valence-electron chi connectivity index (χ4n) is 2.66. The number of pyridine rings is 1. The quantitative estimate of drug-likeness (QED) is 0.283. The van der Waals surface area contributed by atoms with Crippen molar-refractivity contribution in [1.82, 2.24) is 20.6 Å². The number of nitrogens with zero attached hydrogens (tertiary/aromatic N) is 3. The van der Waals surface area contributed by atoms with Crippen molar-refractivity contribution >= 4 is 17.3 Å². The van der Waals surface area contributed by atoms with Gasteiger partial charge in [0.2, 0.25) is 5.88 Å². The van der Waals surface area contributed by atoms with Crippen LogP contribution in [0.2, 0.25) is 0 Å². The Morgan fingerprint density at radius 3 is 2.48 bits per heavy atom. The minimum atomic E-state index is 0.436. The fraction of sp³-hybridized carbons (Fsp3) is 0.348. The molecule has 31 heavy (non-hydrogen) atoms. The SMILES string of the molecule is CN=C(NCc1ccc(OCCOc2ccccc2)nc1)NCc1nc(C(C)C)cs1. The van der Waals surface area contributed by atoms with Gasteiger partial charge >= 0.3 is 0 Å². The molecule has 0 saturated carbocycles. The first-order valence-corrected chi connectivity index (χ1v) is 11.2.